The fourth-order valence-electron chi connectivity index (χ4n) is 2.16. The number of nitrogens with one attached hydrogen (secondary N) is 2. The predicted molar refractivity (Wildman–Crippen MR) is 104 cm³/mol. The van der Waals surface area contributed by atoms with Crippen molar-refractivity contribution in [3.05, 3.63) is 53.8 Å². The van der Waals surface area contributed by atoms with Crippen molar-refractivity contribution in [2.75, 3.05) is 11.2 Å². The number of benzene rings is 2. The first-order chi connectivity index (χ1) is 12.8. The number of carbonyl (C=O) groups excluding carboxylic acids is 2. The topological polar surface area (TPSA) is 67.4 Å². The van der Waals surface area contributed by atoms with Crippen LogP contribution in [0.5, 0.6) is 11.5 Å². The number of rotatable bonds is 7. The van der Waals surface area contributed by atoms with E-state index in [1.165, 1.54) is 30.3 Å². The third-order valence-corrected chi connectivity index (χ3v) is 4.28. The Bertz CT molecular complexity index is 809. The van der Waals surface area contributed by atoms with Gasteiger partial charge in [-0.2, -0.15) is 0 Å². The van der Waals surface area contributed by atoms with Gasteiger partial charge in [0.15, 0.2) is 0 Å². The van der Waals surface area contributed by atoms with Crippen LogP contribution < -0.4 is 15.4 Å². The minimum absolute atomic E-state index is 0.0595. The molecule has 2 rings (SSSR count). The molecule has 0 radical (unpaired) electrons. The molecule has 0 spiro atoms. The lowest BCUT2D eigenvalue weighted by molar-refractivity contribution is -0.113. The molecule has 0 aromatic heterocycles. The molecule has 0 unspecified atom stereocenters. The van der Waals surface area contributed by atoms with Gasteiger partial charge in [-0.25, -0.2) is 4.39 Å². The number of anilines is 1. The molecule has 0 bridgehead atoms. The third kappa shape index (κ3) is 5.96. The van der Waals surface area contributed by atoms with E-state index in [0.717, 1.165) is 0 Å². The molecule has 2 aromatic rings. The van der Waals surface area contributed by atoms with Gasteiger partial charge in [-0.05, 0) is 55.3 Å². The number of carbonyl (C=O) groups is 2. The summed E-state index contributed by atoms with van der Waals surface area (Å²) in [4.78, 5) is 24.4. The highest BCUT2D eigenvalue weighted by atomic mass is 35.5. The first kappa shape index (κ1) is 20.7. The summed E-state index contributed by atoms with van der Waals surface area (Å²) in [5.41, 5.74) is 0.584. The summed E-state index contributed by atoms with van der Waals surface area (Å²) in [6.07, 6.45) is 0. The number of hydrogen-bond acceptors (Lipinski definition) is 3. The standard InChI is InChI=1S/C20H22ClFN2O3/c1-12(2)13(3)23-20(26)17-10-16(8-9-18(17)24-19(25)11-21)27-15-6-4-14(22)5-7-15/h4-10,12-13H,11H2,1-3H3,(H,23,26)(H,24,25)/t13-/m0/s1. The Hall–Kier alpha value is -2.60. The van der Waals surface area contributed by atoms with Crippen LogP contribution in [0.1, 0.15) is 31.1 Å². The summed E-state index contributed by atoms with van der Waals surface area (Å²) >= 11 is 5.54. The zero-order valence-electron chi connectivity index (χ0n) is 15.4. The van der Waals surface area contributed by atoms with Crippen LogP contribution in [-0.2, 0) is 4.79 Å². The van der Waals surface area contributed by atoms with Gasteiger partial charge >= 0.3 is 0 Å². The monoisotopic (exact) mass is 392 g/mol. The molecule has 2 amide bonds. The van der Waals surface area contributed by atoms with Gasteiger partial charge in [0, 0.05) is 6.04 Å². The van der Waals surface area contributed by atoms with E-state index in [1.807, 2.05) is 20.8 Å². The summed E-state index contributed by atoms with van der Waals surface area (Å²) < 4.78 is 18.7. The van der Waals surface area contributed by atoms with Crippen LogP contribution in [0.4, 0.5) is 10.1 Å². The highest BCUT2D eigenvalue weighted by molar-refractivity contribution is 6.29. The average molecular weight is 393 g/mol. The number of ether oxygens (including phenoxy) is 1. The number of amides is 2. The maximum atomic E-state index is 13.0. The highest BCUT2D eigenvalue weighted by Gasteiger charge is 2.18. The van der Waals surface area contributed by atoms with Gasteiger partial charge in [-0.1, -0.05) is 13.8 Å². The lowest BCUT2D eigenvalue weighted by Gasteiger charge is -2.19. The molecule has 1 atom stereocenters. The van der Waals surface area contributed by atoms with Crippen LogP contribution >= 0.6 is 11.6 Å². The van der Waals surface area contributed by atoms with Crippen molar-refractivity contribution in [1.82, 2.24) is 5.32 Å². The van der Waals surface area contributed by atoms with Crippen molar-refractivity contribution >= 4 is 29.1 Å². The largest absolute Gasteiger partial charge is 0.457 e. The van der Waals surface area contributed by atoms with Crippen LogP contribution in [0.25, 0.3) is 0 Å². The second kappa shape index (κ2) is 9.37. The van der Waals surface area contributed by atoms with Crippen LogP contribution in [0.15, 0.2) is 42.5 Å². The lowest BCUT2D eigenvalue weighted by Crippen LogP contribution is -2.36. The van der Waals surface area contributed by atoms with Crippen LogP contribution in [0.2, 0.25) is 0 Å². The zero-order chi connectivity index (χ0) is 20.0. The number of alkyl halides is 1. The number of halogens is 2. The summed E-state index contributed by atoms with van der Waals surface area (Å²) in [7, 11) is 0. The molecule has 0 aliphatic rings. The quantitative estimate of drug-likeness (QED) is 0.678. The summed E-state index contributed by atoms with van der Waals surface area (Å²) in [6, 6.07) is 10.2. The Morgan fingerprint density at radius 3 is 2.30 bits per heavy atom. The van der Waals surface area contributed by atoms with Crippen molar-refractivity contribution in [2.24, 2.45) is 5.92 Å². The van der Waals surface area contributed by atoms with Crippen molar-refractivity contribution in [1.29, 1.82) is 0 Å². The zero-order valence-corrected chi connectivity index (χ0v) is 16.1. The number of hydrogen-bond donors (Lipinski definition) is 2. The van der Waals surface area contributed by atoms with Gasteiger partial charge in [-0.3, -0.25) is 9.59 Å². The molecular weight excluding hydrogens is 371 g/mol. The van der Waals surface area contributed by atoms with Crippen LogP contribution in [0.3, 0.4) is 0 Å². The van der Waals surface area contributed by atoms with Gasteiger partial charge < -0.3 is 15.4 Å². The normalized spacial score (nSPS) is 11.8. The lowest BCUT2D eigenvalue weighted by atomic mass is 10.1. The molecule has 2 aromatic carbocycles. The van der Waals surface area contributed by atoms with Gasteiger partial charge in [0.05, 0.1) is 11.3 Å². The molecule has 0 saturated heterocycles. The van der Waals surface area contributed by atoms with Gasteiger partial charge in [0.2, 0.25) is 5.91 Å². The van der Waals surface area contributed by atoms with E-state index < -0.39 is 5.91 Å². The van der Waals surface area contributed by atoms with Gasteiger partial charge in [-0.15, -0.1) is 11.6 Å². The van der Waals surface area contributed by atoms with Crippen LogP contribution in [-0.4, -0.2) is 23.7 Å². The third-order valence-electron chi connectivity index (χ3n) is 4.04. The molecule has 0 heterocycles. The summed E-state index contributed by atoms with van der Waals surface area (Å²) in [6.45, 7) is 5.89. The Balaban J connectivity index is 2.31. The van der Waals surface area contributed by atoms with Crippen molar-refractivity contribution in [2.45, 2.75) is 26.8 Å². The van der Waals surface area contributed by atoms with E-state index in [4.69, 9.17) is 16.3 Å². The Kier molecular flexibility index (Phi) is 7.19. The molecule has 2 N–H and O–H groups in total. The molecular formula is C20H22ClFN2O3. The molecule has 7 heteroatoms. The van der Waals surface area contributed by atoms with Crippen molar-refractivity contribution in [3.8, 4) is 11.5 Å². The molecule has 0 aliphatic carbocycles. The maximum absolute atomic E-state index is 13.0. The fraction of sp³-hybridized carbons (Fsp3) is 0.300. The fourth-order valence-corrected chi connectivity index (χ4v) is 2.22. The Morgan fingerprint density at radius 1 is 1.07 bits per heavy atom. The van der Waals surface area contributed by atoms with Gasteiger partial charge in [0.1, 0.15) is 23.2 Å². The van der Waals surface area contributed by atoms with Gasteiger partial charge in [0.25, 0.3) is 5.91 Å². The smallest absolute Gasteiger partial charge is 0.253 e. The van der Waals surface area contributed by atoms with E-state index in [2.05, 4.69) is 10.6 Å². The minimum Gasteiger partial charge on any atom is -0.457 e. The first-order valence-corrected chi connectivity index (χ1v) is 9.07. The predicted octanol–water partition coefficient (Wildman–Crippen LogP) is 4.57. The molecule has 0 saturated carbocycles. The minimum atomic E-state index is -0.421. The van der Waals surface area contributed by atoms with E-state index in [1.54, 1.807) is 12.1 Å². The second-order valence-electron chi connectivity index (χ2n) is 6.45. The molecule has 144 valence electrons. The summed E-state index contributed by atoms with van der Waals surface area (Å²) in [5, 5.41) is 5.50. The van der Waals surface area contributed by atoms with Crippen molar-refractivity contribution in [3.63, 3.8) is 0 Å². The van der Waals surface area contributed by atoms with E-state index in [-0.39, 0.29) is 35.1 Å². The first-order valence-electron chi connectivity index (χ1n) is 8.54. The van der Waals surface area contributed by atoms with Crippen molar-refractivity contribution < 1.29 is 18.7 Å². The molecule has 0 aliphatic heterocycles. The van der Waals surface area contributed by atoms with E-state index >= 15 is 0 Å². The van der Waals surface area contributed by atoms with E-state index in [9.17, 15) is 14.0 Å². The summed E-state index contributed by atoms with van der Waals surface area (Å²) in [5.74, 6) is -0.307. The maximum Gasteiger partial charge on any atom is 0.253 e. The van der Waals surface area contributed by atoms with Crippen LogP contribution in [0, 0.1) is 11.7 Å². The molecule has 0 fully saturated rings. The van der Waals surface area contributed by atoms with E-state index in [0.29, 0.717) is 17.2 Å². The highest BCUT2D eigenvalue weighted by Crippen LogP contribution is 2.27. The Morgan fingerprint density at radius 2 is 1.70 bits per heavy atom. The molecule has 27 heavy (non-hydrogen) atoms. The second-order valence-corrected chi connectivity index (χ2v) is 6.72. The average Bonchev–Trinajstić information content (AvgIpc) is 2.64. The molecule has 5 nitrogen and oxygen atoms in total. The SMILES string of the molecule is CC(C)[C@H](C)NC(=O)c1cc(Oc2ccc(F)cc2)ccc1NC(=O)CCl. The Labute approximate surface area is 162 Å².